The van der Waals surface area contributed by atoms with E-state index in [2.05, 4.69) is 15.2 Å². The van der Waals surface area contributed by atoms with Gasteiger partial charge in [0.25, 0.3) is 0 Å². The number of rotatable bonds is 3. The summed E-state index contributed by atoms with van der Waals surface area (Å²) in [4.78, 5) is 16.4. The van der Waals surface area contributed by atoms with Gasteiger partial charge in [-0.15, -0.1) is 11.3 Å². The number of aliphatic carboxylic acids is 1. The first-order chi connectivity index (χ1) is 8.74. The van der Waals surface area contributed by atoms with Gasteiger partial charge in [0.1, 0.15) is 5.82 Å². The summed E-state index contributed by atoms with van der Waals surface area (Å²) in [5, 5.41) is 18.1. The third-order valence-electron chi connectivity index (χ3n) is 3.41. The molecule has 1 fully saturated rings. The van der Waals surface area contributed by atoms with Gasteiger partial charge in [0.2, 0.25) is 0 Å². The van der Waals surface area contributed by atoms with Crippen LogP contribution in [0.1, 0.15) is 31.0 Å². The standard InChI is InChI=1S/C12H13N3O2S/c16-12(17)8-4-3-7(6-8)10-13-11(15-14-10)9-2-1-5-18-9/h1-2,5,7-8H,3-4,6H2,(H,16,17)(H,13,14,15). The lowest BCUT2D eigenvalue weighted by atomic mass is 10.0. The summed E-state index contributed by atoms with van der Waals surface area (Å²) < 4.78 is 0. The Labute approximate surface area is 108 Å². The van der Waals surface area contributed by atoms with Gasteiger partial charge in [0.15, 0.2) is 5.82 Å². The Morgan fingerprint density at radius 1 is 1.50 bits per heavy atom. The summed E-state index contributed by atoms with van der Waals surface area (Å²) >= 11 is 1.60. The number of nitrogens with zero attached hydrogens (tertiary/aromatic N) is 2. The number of aromatic nitrogens is 3. The van der Waals surface area contributed by atoms with E-state index in [1.54, 1.807) is 11.3 Å². The van der Waals surface area contributed by atoms with Crippen LogP contribution in [-0.4, -0.2) is 26.3 Å². The number of thiophene rings is 1. The quantitative estimate of drug-likeness (QED) is 0.891. The van der Waals surface area contributed by atoms with Crippen molar-refractivity contribution in [1.29, 1.82) is 0 Å². The van der Waals surface area contributed by atoms with Crippen molar-refractivity contribution in [3.05, 3.63) is 23.3 Å². The molecule has 0 radical (unpaired) electrons. The lowest BCUT2D eigenvalue weighted by molar-refractivity contribution is -0.141. The monoisotopic (exact) mass is 263 g/mol. The number of H-pyrrole nitrogens is 1. The Kier molecular flexibility index (Phi) is 2.87. The van der Waals surface area contributed by atoms with E-state index in [9.17, 15) is 4.79 Å². The van der Waals surface area contributed by atoms with E-state index in [1.807, 2.05) is 17.5 Å². The predicted octanol–water partition coefficient (Wildman–Crippen LogP) is 2.50. The molecule has 6 heteroatoms. The molecule has 0 aromatic carbocycles. The van der Waals surface area contributed by atoms with Crippen molar-refractivity contribution in [1.82, 2.24) is 15.2 Å². The molecule has 0 aliphatic heterocycles. The molecule has 0 amide bonds. The molecular formula is C12H13N3O2S. The van der Waals surface area contributed by atoms with Crippen LogP contribution < -0.4 is 0 Å². The van der Waals surface area contributed by atoms with E-state index in [-0.39, 0.29) is 11.8 Å². The molecule has 2 unspecified atom stereocenters. The second kappa shape index (κ2) is 4.53. The molecule has 18 heavy (non-hydrogen) atoms. The van der Waals surface area contributed by atoms with E-state index in [0.717, 1.165) is 23.5 Å². The Morgan fingerprint density at radius 3 is 3.06 bits per heavy atom. The van der Waals surface area contributed by atoms with E-state index in [0.29, 0.717) is 12.2 Å². The fourth-order valence-corrected chi connectivity index (χ4v) is 3.08. The number of nitrogens with one attached hydrogen (secondary N) is 1. The number of hydrogen-bond donors (Lipinski definition) is 2. The van der Waals surface area contributed by atoms with Crippen LogP contribution in [0.25, 0.3) is 10.7 Å². The summed E-state index contributed by atoms with van der Waals surface area (Å²) in [5.74, 6) is 0.800. The maximum Gasteiger partial charge on any atom is 0.306 e. The van der Waals surface area contributed by atoms with Crippen LogP contribution in [0.15, 0.2) is 17.5 Å². The lowest BCUT2D eigenvalue weighted by Crippen LogP contribution is -2.09. The summed E-state index contributed by atoms with van der Waals surface area (Å²) in [6.45, 7) is 0. The molecule has 2 atom stereocenters. The number of carboxylic acid groups (broad SMARTS) is 1. The average Bonchev–Trinajstić information content (AvgIpc) is 3.10. The molecule has 0 bridgehead atoms. The zero-order chi connectivity index (χ0) is 12.5. The molecule has 2 aromatic heterocycles. The normalized spacial score (nSPS) is 23.3. The maximum absolute atomic E-state index is 10.9. The maximum atomic E-state index is 10.9. The van der Waals surface area contributed by atoms with Gasteiger partial charge in [-0.05, 0) is 30.7 Å². The molecule has 1 aliphatic rings. The number of aromatic amines is 1. The molecule has 2 N–H and O–H groups in total. The minimum atomic E-state index is -0.699. The highest BCUT2D eigenvalue weighted by molar-refractivity contribution is 7.13. The van der Waals surface area contributed by atoms with Crippen LogP contribution in [0.4, 0.5) is 0 Å². The molecule has 0 saturated heterocycles. The Bertz CT molecular complexity index is 549. The van der Waals surface area contributed by atoms with Crippen LogP contribution in [0.3, 0.4) is 0 Å². The Morgan fingerprint density at radius 2 is 2.39 bits per heavy atom. The topological polar surface area (TPSA) is 78.9 Å². The van der Waals surface area contributed by atoms with Gasteiger partial charge in [0.05, 0.1) is 10.8 Å². The van der Waals surface area contributed by atoms with Crippen molar-refractivity contribution in [3.63, 3.8) is 0 Å². The zero-order valence-corrected chi connectivity index (χ0v) is 10.5. The Hall–Kier alpha value is -1.69. The first-order valence-electron chi connectivity index (χ1n) is 5.93. The van der Waals surface area contributed by atoms with Crippen molar-refractivity contribution in [2.75, 3.05) is 0 Å². The molecule has 0 spiro atoms. The fourth-order valence-electron chi connectivity index (χ4n) is 2.43. The molecule has 2 aromatic rings. The highest BCUT2D eigenvalue weighted by atomic mass is 32.1. The van der Waals surface area contributed by atoms with Crippen molar-refractivity contribution < 1.29 is 9.90 Å². The summed E-state index contributed by atoms with van der Waals surface area (Å²) in [6.07, 6.45) is 2.26. The average molecular weight is 263 g/mol. The molecule has 94 valence electrons. The Balaban J connectivity index is 1.77. The summed E-state index contributed by atoms with van der Waals surface area (Å²) in [6, 6.07) is 3.94. The minimum Gasteiger partial charge on any atom is -0.481 e. The molecule has 2 heterocycles. The summed E-state index contributed by atoms with van der Waals surface area (Å²) in [7, 11) is 0. The van der Waals surface area contributed by atoms with Crippen molar-refractivity contribution >= 4 is 17.3 Å². The van der Waals surface area contributed by atoms with Gasteiger partial charge in [-0.25, -0.2) is 4.98 Å². The van der Waals surface area contributed by atoms with Crippen LogP contribution in [-0.2, 0) is 4.79 Å². The third kappa shape index (κ3) is 2.03. The number of carboxylic acids is 1. The molecular weight excluding hydrogens is 250 g/mol. The van der Waals surface area contributed by atoms with Gasteiger partial charge in [-0.1, -0.05) is 6.07 Å². The van der Waals surface area contributed by atoms with Crippen LogP contribution in [0.5, 0.6) is 0 Å². The molecule has 1 saturated carbocycles. The largest absolute Gasteiger partial charge is 0.481 e. The first kappa shape index (κ1) is 11.4. The van der Waals surface area contributed by atoms with Gasteiger partial charge in [0, 0.05) is 5.92 Å². The lowest BCUT2D eigenvalue weighted by Gasteiger charge is -2.04. The number of hydrogen-bond acceptors (Lipinski definition) is 4. The van der Waals surface area contributed by atoms with Gasteiger partial charge < -0.3 is 5.11 Å². The van der Waals surface area contributed by atoms with Crippen LogP contribution >= 0.6 is 11.3 Å². The molecule has 3 rings (SSSR count). The van der Waals surface area contributed by atoms with Gasteiger partial charge >= 0.3 is 5.97 Å². The fraction of sp³-hybridized carbons (Fsp3) is 0.417. The summed E-state index contributed by atoms with van der Waals surface area (Å²) in [5.41, 5.74) is 0. The van der Waals surface area contributed by atoms with E-state index < -0.39 is 5.97 Å². The highest BCUT2D eigenvalue weighted by Gasteiger charge is 2.32. The highest BCUT2D eigenvalue weighted by Crippen LogP contribution is 2.37. The minimum absolute atomic E-state index is 0.201. The van der Waals surface area contributed by atoms with Crippen LogP contribution in [0.2, 0.25) is 0 Å². The van der Waals surface area contributed by atoms with Crippen molar-refractivity contribution in [2.24, 2.45) is 5.92 Å². The number of carbonyl (C=O) groups is 1. The van der Waals surface area contributed by atoms with E-state index in [4.69, 9.17) is 5.11 Å². The van der Waals surface area contributed by atoms with Gasteiger partial charge in [-0.3, -0.25) is 9.89 Å². The SMILES string of the molecule is O=C(O)C1CCC(c2nc(-c3cccs3)n[nH]2)C1. The van der Waals surface area contributed by atoms with Crippen molar-refractivity contribution in [3.8, 4) is 10.7 Å². The van der Waals surface area contributed by atoms with Crippen molar-refractivity contribution in [2.45, 2.75) is 25.2 Å². The van der Waals surface area contributed by atoms with E-state index >= 15 is 0 Å². The second-order valence-electron chi connectivity index (χ2n) is 4.57. The second-order valence-corrected chi connectivity index (χ2v) is 5.51. The van der Waals surface area contributed by atoms with E-state index in [1.165, 1.54) is 0 Å². The zero-order valence-electron chi connectivity index (χ0n) is 9.67. The van der Waals surface area contributed by atoms with Crippen LogP contribution in [0, 0.1) is 5.92 Å². The molecule has 5 nitrogen and oxygen atoms in total. The molecule has 1 aliphatic carbocycles. The first-order valence-corrected chi connectivity index (χ1v) is 6.81. The van der Waals surface area contributed by atoms with Gasteiger partial charge in [-0.2, -0.15) is 5.10 Å². The smallest absolute Gasteiger partial charge is 0.306 e. The third-order valence-corrected chi connectivity index (χ3v) is 4.28. The predicted molar refractivity (Wildman–Crippen MR) is 67.4 cm³/mol.